The Morgan fingerprint density at radius 1 is 1.15 bits per heavy atom. The summed E-state index contributed by atoms with van der Waals surface area (Å²) in [5.41, 5.74) is 1.37. The van der Waals surface area contributed by atoms with Crippen LogP contribution in [0.4, 0.5) is 0 Å². The van der Waals surface area contributed by atoms with Gasteiger partial charge in [0.05, 0.1) is 0 Å². The van der Waals surface area contributed by atoms with E-state index in [0.29, 0.717) is 36.5 Å². The topological polar surface area (TPSA) is 72.7 Å². The van der Waals surface area contributed by atoms with Crippen molar-refractivity contribution in [2.45, 2.75) is 46.7 Å². The highest BCUT2D eigenvalue weighted by atomic mass is 79.9. The maximum absolute atomic E-state index is 12.8. The van der Waals surface area contributed by atoms with Gasteiger partial charge in [0, 0.05) is 24.0 Å². The van der Waals surface area contributed by atoms with Gasteiger partial charge in [-0.1, -0.05) is 48.8 Å². The Kier molecular flexibility index (Phi) is 5.46. The average Bonchev–Trinajstić information content (AvgIpc) is 3.01. The summed E-state index contributed by atoms with van der Waals surface area (Å²) >= 11 is 3.43. The molecule has 0 aliphatic rings. The molecule has 0 bridgehead atoms. The number of aromatic amines is 1. The van der Waals surface area contributed by atoms with Crippen LogP contribution in [-0.4, -0.2) is 19.1 Å². The minimum absolute atomic E-state index is 0.273. The van der Waals surface area contributed by atoms with Gasteiger partial charge in [-0.3, -0.25) is 13.9 Å². The van der Waals surface area contributed by atoms with E-state index in [2.05, 4.69) is 25.9 Å². The number of fused-ring (bicyclic) bond motifs is 1. The molecule has 26 heavy (non-hydrogen) atoms. The molecule has 138 valence electrons. The van der Waals surface area contributed by atoms with Gasteiger partial charge >= 0.3 is 5.69 Å². The smallest absolute Gasteiger partial charge is 0.332 e. The number of nitrogens with zero attached hydrogens (tertiary/aromatic N) is 3. The number of benzene rings is 1. The van der Waals surface area contributed by atoms with Gasteiger partial charge < -0.3 is 4.98 Å². The van der Waals surface area contributed by atoms with E-state index in [1.165, 1.54) is 4.57 Å². The number of nitrogens with one attached hydrogen (secondary N) is 1. The number of hydrogen-bond donors (Lipinski definition) is 1. The van der Waals surface area contributed by atoms with Gasteiger partial charge in [0.2, 0.25) is 0 Å². The number of hydrogen-bond acceptors (Lipinski definition) is 3. The highest BCUT2D eigenvalue weighted by molar-refractivity contribution is 9.10. The zero-order valence-corrected chi connectivity index (χ0v) is 16.8. The van der Waals surface area contributed by atoms with Crippen molar-refractivity contribution >= 4 is 27.1 Å². The summed E-state index contributed by atoms with van der Waals surface area (Å²) in [5, 5.41) is 0. The first-order valence-corrected chi connectivity index (χ1v) is 9.66. The molecule has 7 heteroatoms. The predicted molar refractivity (Wildman–Crippen MR) is 107 cm³/mol. The van der Waals surface area contributed by atoms with Crippen LogP contribution in [0.5, 0.6) is 0 Å². The number of aromatic nitrogens is 4. The van der Waals surface area contributed by atoms with E-state index in [1.54, 1.807) is 4.57 Å². The first kappa shape index (κ1) is 18.6. The third kappa shape index (κ3) is 3.67. The van der Waals surface area contributed by atoms with Crippen LogP contribution < -0.4 is 11.2 Å². The number of rotatable bonds is 6. The fourth-order valence-electron chi connectivity index (χ4n) is 3.04. The molecule has 3 rings (SSSR count). The Morgan fingerprint density at radius 2 is 1.85 bits per heavy atom. The summed E-state index contributed by atoms with van der Waals surface area (Å²) in [6.07, 6.45) is 1.30. The van der Waals surface area contributed by atoms with Crippen LogP contribution in [0.15, 0.2) is 38.3 Å². The number of halogens is 1. The Bertz CT molecular complexity index is 1030. The lowest BCUT2D eigenvalue weighted by Crippen LogP contribution is -2.40. The van der Waals surface area contributed by atoms with Gasteiger partial charge in [0.15, 0.2) is 5.65 Å². The van der Waals surface area contributed by atoms with Crippen molar-refractivity contribution in [3.05, 3.63) is 61.0 Å². The average molecular weight is 419 g/mol. The minimum atomic E-state index is -0.290. The minimum Gasteiger partial charge on any atom is -0.336 e. The summed E-state index contributed by atoms with van der Waals surface area (Å²) < 4.78 is 3.95. The van der Waals surface area contributed by atoms with Crippen LogP contribution in [0.25, 0.3) is 11.2 Å². The molecule has 6 nitrogen and oxygen atoms in total. The molecule has 0 saturated carbocycles. The zero-order valence-electron chi connectivity index (χ0n) is 15.3. The van der Waals surface area contributed by atoms with Crippen molar-refractivity contribution < 1.29 is 0 Å². The SMILES string of the molecule is CCCn1c(=O)c2[nH]c(Cc3ccc(Br)cc3)nc2n(CC(C)C)c1=O. The molecule has 0 atom stereocenters. The molecule has 1 N–H and O–H groups in total. The van der Waals surface area contributed by atoms with Crippen LogP contribution in [0.2, 0.25) is 0 Å². The van der Waals surface area contributed by atoms with Gasteiger partial charge in [-0.05, 0) is 30.0 Å². The predicted octanol–water partition coefficient (Wildman–Crippen LogP) is 3.31. The van der Waals surface area contributed by atoms with Gasteiger partial charge in [0.25, 0.3) is 5.56 Å². The highest BCUT2D eigenvalue weighted by Crippen LogP contribution is 2.15. The van der Waals surface area contributed by atoms with Crippen LogP contribution in [-0.2, 0) is 19.5 Å². The van der Waals surface area contributed by atoms with Crippen molar-refractivity contribution in [2.75, 3.05) is 0 Å². The molecule has 0 unspecified atom stereocenters. The standard InChI is InChI=1S/C19H23BrN4O2/c1-4-9-23-18(25)16-17(24(19(23)26)11-12(2)3)22-15(21-16)10-13-5-7-14(20)8-6-13/h5-8,12H,4,9-11H2,1-3H3,(H,21,22). The van der Waals surface area contributed by atoms with Crippen molar-refractivity contribution in [3.63, 3.8) is 0 Å². The van der Waals surface area contributed by atoms with E-state index in [9.17, 15) is 9.59 Å². The monoisotopic (exact) mass is 418 g/mol. The molecule has 0 spiro atoms. The van der Waals surface area contributed by atoms with Crippen molar-refractivity contribution in [1.82, 2.24) is 19.1 Å². The van der Waals surface area contributed by atoms with E-state index in [4.69, 9.17) is 0 Å². The molecule has 3 aromatic rings. The van der Waals surface area contributed by atoms with Crippen LogP contribution >= 0.6 is 15.9 Å². The quantitative estimate of drug-likeness (QED) is 0.667. The molecule has 0 radical (unpaired) electrons. The molecule has 2 aromatic heterocycles. The second kappa shape index (κ2) is 7.61. The first-order valence-electron chi connectivity index (χ1n) is 8.87. The molecule has 1 aromatic carbocycles. The second-order valence-corrected chi connectivity index (χ2v) is 7.84. The zero-order chi connectivity index (χ0) is 18.8. The van der Waals surface area contributed by atoms with E-state index < -0.39 is 0 Å². The molecule has 2 heterocycles. The first-order chi connectivity index (χ1) is 12.4. The lowest BCUT2D eigenvalue weighted by molar-refractivity contribution is 0.485. The van der Waals surface area contributed by atoms with Gasteiger partial charge in [-0.25, -0.2) is 9.78 Å². The van der Waals surface area contributed by atoms with Crippen LogP contribution in [0.1, 0.15) is 38.6 Å². The Labute approximate surface area is 160 Å². The lowest BCUT2D eigenvalue weighted by atomic mass is 10.1. The van der Waals surface area contributed by atoms with E-state index in [0.717, 1.165) is 16.5 Å². The highest BCUT2D eigenvalue weighted by Gasteiger charge is 2.17. The molecule has 0 aliphatic carbocycles. The Balaban J connectivity index is 2.14. The maximum atomic E-state index is 12.8. The van der Waals surface area contributed by atoms with Gasteiger partial charge in [-0.2, -0.15) is 0 Å². The maximum Gasteiger partial charge on any atom is 0.332 e. The molecule has 0 aliphatic heterocycles. The van der Waals surface area contributed by atoms with Gasteiger partial charge in [0.1, 0.15) is 11.3 Å². The van der Waals surface area contributed by atoms with Crippen molar-refractivity contribution in [1.29, 1.82) is 0 Å². The molecule has 0 fully saturated rings. The molecular weight excluding hydrogens is 396 g/mol. The van der Waals surface area contributed by atoms with Crippen molar-refractivity contribution in [2.24, 2.45) is 5.92 Å². The molecular formula is C19H23BrN4O2. The van der Waals surface area contributed by atoms with E-state index in [1.807, 2.05) is 45.0 Å². The number of imidazole rings is 1. The fourth-order valence-corrected chi connectivity index (χ4v) is 3.31. The third-order valence-electron chi connectivity index (χ3n) is 4.19. The largest absolute Gasteiger partial charge is 0.336 e. The van der Waals surface area contributed by atoms with Gasteiger partial charge in [-0.15, -0.1) is 0 Å². The second-order valence-electron chi connectivity index (χ2n) is 6.93. The van der Waals surface area contributed by atoms with Crippen LogP contribution in [0.3, 0.4) is 0 Å². The molecule has 0 amide bonds. The summed E-state index contributed by atoms with van der Waals surface area (Å²) in [7, 11) is 0. The summed E-state index contributed by atoms with van der Waals surface area (Å²) in [4.78, 5) is 33.3. The summed E-state index contributed by atoms with van der Waals surface area (Å²) in [6.45, 7) is 6.98. The number of H-pyrrole nitrogens is 1. The third-order valence-corrected chi connectivity index (χ3v) is 4.72. The van der Waals surface area contributed by atoms with E-state index >= 15 is 0 Å². The Hall–Kier alpha value is -2.15. The Morgan fingerprint density at radius 3 is 2.46 bits per heavy atom. The summed E-state index contributed by atoms with van der Waals surface area (Å²) in [6, 6.07) is 7.96. The van der Waals surface area contributed by atoms with E-state index in [-0.39, 0.29) is 17.2 Å². The van der Waals surface area contributed by atoms with Crippen molar-refractivity contribution in [3.8, 4) is 0 Å². The van der Waals surface area contributed by atoms with Crippen LogP contribution in [0, 0.1) is 5.92 Å². The normalized spacial score (nSPS) is 11.6. The fraction of sp³-hybridized carbons (Fsp3) is 0.421. The lowest BCUT2D eigenvalue weighted by Gasteiger charge is -2.12. The molecule has 0 saturated heterocycles. The summed E-state index contributed by atoms with van der Waals surface area (Å²) in [5.74, 6) is 0.959.